The molecule has 1 aromatic carbocycles. The molecule has 0 aliphatic heterocycles. The van der Waals surface area contributed by atoms with Crippen molar-refractivity contribution in [1.82, 2.24) is 0 Å². The number of aryl methyl sites for hydroxylation is 1. The van der Waals surface area contributed by atoms with Crippen LogP contribution in [0.1, 0.15) is 34.8 Å². The Balaban J connectivity index is 2.03. The molecule has 3 rings (SSSR count). The first-order valence-electron chi connectivity index (χ1n) is 5.56. The molecule has 0 saturated carbocycles. The summed E-state index contributed by atoms with van der Waals surface area (Å²) in [5, 5.41) is 2.24. The molecule has 1 aliphatic carbocycles. The lowest BCUT2D eigenvalue weighted by molar-refractivity contribution is 0.627. The third-order valence-electron chi connectivity index (χ3n) is 3.24. The molecule has 1 aromatic heterocycles. The summed E-state index contributed by atoms with van der Waals surface area (Å²) in [4.78, 5) is 1.60. The topological polar surface area (TPSA) is 0 Å². The fourth-order valence-corrected chi connectivity index (χ4v) is 3.61. The van der Waals surface area contributed by atoms with Gasteiger partial charge in [-0.3, -0.25) is 0 Å². The van der Waals surface area contributed by atoms with Gasteiger partial charge in [-0.1, -0.05) is 30.3 Å². The predicted molar refractivity (Wildman–Crippen MR) is 65.5 cm³/mol. The summed E-state index contributed by atoms with van der Waals surface area (Å²) in [6.45, 7) is 0. The second-order valence-corrected chi connectivity index (χ2v) is 5.11. The van der Waals surface area contributed by atoms with Crippen LogP contribution in [0, 0.1) is 0 Å². The summed E-state index contributed by atoms with van der Waals surface area (Å²) >= 11 is 1.93. The van der Waals surface area contributed by atoms with E-state index in [4.69, 9.17) is 0 Å². The van der Waals surface area contributed by atoms with Gasteiger partial charge in [0.05, 0.1) is 0 Å². The van der Waals surface area contributed by atoms with E-state index in [1.165, 1.54) is 24.8 Å². The Hall–Kier alpha value is -1.08. The highest BCUT2D eigenvalue weighted by Gasteiger charge is 2.22. The van der Waals surface area contributed by atoms with E-state index in [-0.39, 0.29) is 0 Å². The van der Waals surface area contributed by atoms with Crippen LogP contribution in [-0.2, 0) is 6.42 Å². The molecule has 0 fully saturated rings. The third-order valence-corrected chi connectivity index (χ3v) is 4.31. The molecule has 0 spiro atoms. The summed E-state index contributed by atoms with van der Waals surface area (Å²) in [5.41, 5.74) is 3.07. The van der Waals surface area contributed by atoms with Crippen molar-refractivity contribution in [2.45, 2.75) is 25.2 Å². The molecule has 0 nitrogen and oxygen atoms in total. The first-order valence-corrected chi connectivity index (χ1v) is 6.44. The fourth-order valence-electron chi connectivity index (χ4n) is 2.49. The van der Waals surface area contributed by atoms with Crippen molar-refractivity contribution in [3.05, 3.63) is 57.8 Å². The average molecular weight is 214 g/mol. The van der Waals surface area contributed by atoms with Crippen LogP contribution in [-0.4, -0.2) is 0 Å². The maximum atomic E-state index is 2.30. The Morgan fingerprint density at radius 2 is 1.93 bits per heavy atom. The number of thiophene rings is 1. The molecule has 0 amide bonds. The zero-order valence-corrected chi connectivity index (χ0v) is 9.46. The fraction of sp³-hybridized carbons (Fsp3) is 0.286. The number of rotatable bonds is 1. The number of fused-ring (bicyclic) bond motifs is 1. The SMILES string of the molecule is c1ccc(C2CCCc3ccsc32)cc1. The van der Waals surface area contributed by atoms with E-state index in [1.54, 1.807) is 10.4 Å². The van der Waals surface area contributed by atoms with Gasteiger partial charge < -0.3 is 0 Å². The van der Waals surface area contributed by atoms with Crippen LogP contribution in [0.15, 0.2) is 41.8 Å². The van der Waals surface area contributed by atoms with Crippen molar-refractivity contribution >= 4 is 11.3 Å². The Labute approximate surface area is 94.6 Å². The molecular formula is C14H14S. The van der Waals surface area contributed by atoms with Gasteiger partial charge in [-0.25, -0.2) is 0 Å². The lowest BCUT2D eigenvalue weighted by atomic mass is 9.85. The zero-order chi connectivity index (χ0) is 10.1. The smallest absolute Gasteiger partial charge is 0.0186 e. The van der Waals surface area contributed by atoms with Crippen molar-refractivity contribution in [2.24, 2.45) is 0 Å². The van der Waals surface area contributed by atoms with Crippen LogP contribution < -0.4 is 0 Å². The summed E-state index contributed by atoms with van der Waals surface area (Å²) < 4.78 is 0. The summed E-state index contributed by atoms with van der Waals surface area (Å²) in [6, 6.07) is 13.2. The molecule has 0 bridgehead atoms. The molecular weight excluding hydrogens is 200 g/mol. The Kier molecular flexibility index (Phi) is 2.34. The van der Waals surface area contributed by atoms with Gasteiger partial charge in [-0.05, 0) is 41.8 Å². The average Bonchev–Trinajstić information content (AvgIpc) is 2.78. The Morgan fingerprint density at radius 3 is 2.80 bits per heavy atom. The van der Waals surface area contributed by atoms with E-state index < -0.39 is 0 Å². The maximum absolute atomic E-state index is 2.30. The summed E-state index contributed by atoms with van der Waals surface area (Å²) in [7, 11) is 0. The molecule has 1 aliphatic rings. The maximum Gasteiger partial charge on any atom is 0.0186 e. The number of hydrogen-bond acceptors (Lipinski definition) is 1. The lowest BCUT2D eigenvalue weighted by Gasteiger charge is -2.22. The predicted octanol–water partition coefficient (Wildman–Crippen LogP) is 4.22. The molecule has 2 aromatic rings. The van der Waals surface area contributed by atoms with Crippen LogP contribution in [0.4, 0.5) is 0 Å². The quantitative estimate of drug-likeness (QED) is 0.667. The largest absolute Gasteiger partial charge is 0.148 e. The van der Waals surface area contributed by atoms with Crippen molar-refractivity contribution in [1.29, 1.82) is 0 Å². The molecule has 1 heterocycles. The zero-order valence-electron chi connectivity index (χ0n) is 8.65. The highest BCUT2D eigenvalue weighted by Crippen LogP contribution is 2.39. The normalized spacial score (nSPS) is 19.9. The van der Waals surface area contributed by atoms with Crippen LogP contribution >= 0.6 is 11.3 Å². The molecule has 1 unspecified atom stereocenters. The second-order valence-electron chi connectivity index (χ2n) is 4.17. The van der Waals surface area contributed by atoms with Crippen LogP contribution in [0.25, 0.3) is 0 Å². The summed E-state index contributed by atoms with van der Waals surface area (Å²) in [5.74, 6) is 0.662. The highest BCUT2D eigenvalue weighted by atomic mass is 32.1. The molecule has 0 radical (unpaired) electrons. The molecule has 15 heavy (non-hydrogen) atoms. The van der Waals surface area contributed by atoms with Crippen molar-refractivity contribution in [3.63, 3.8) is 0 Å². The molecule has 1 atom stereocenters. The number of benzene rings is 1. The van der Waals surface area contributed by atoms with E-state index in [0.29, 0.717) is 5.92 Å². The first-order chi connectivity index (χ1) is 7.45. The molecule has 1 heteroatoms. The van der Waals surface area contributed by atoms with E-state index in [9.17, 15) is 0 Å². The Bertz CT molecular complexity index is 441. The van der Waals surface area contributed by atoms with Gasteiger partial charge in [0.25, 0.3) is 0 Å². The van der Waals surface area contributed by atoms with Gasteiger partial charge in [-0.2, -0.15) is 0 Å². The monoisotopic (exact) mass is 214 g/mol. The number of hydrogen-bond donors (Lipinski definition) is 0. The lowest BCUT2D eigenvalue weighted by Crippen LogP contribution is -2.07. The van der Waals surface area contributed by atoms with Crippen molar-refractivity contribution < 1.29 is 0 Å². The van der Waals surface area contributed by atoms with Crippen LogP contribution in [0.5, 0.6) is 0 Å². The third kappa shape index (κ3) is 1.61. The van der Waals surface area contributed by atoms with Gasteiger partial charge >= 0.3 is 0 Å². The van der Waals surface area contributed by atoms with Gasteiger partial charge in [0.15, 0.2) is 0 Å². The Morgan fingerprint density at radius 1 is 1.07 bits per heavy atom. The van der Waals surface area contributed by atoms with E-state index >= 15 is 0 Å². The van der Waals surface area contributed by atoms with E-state index in [0.717, 1.165) is 0 Å². The molecule has 76 valence electrons. The van der Waals surface area contributed by atoms with E-state index in [2.05, 4.69) is 41.8 Å². The molecule has 0 N–H and O–H groups in total. The van der Waals surface area contributed by atoms with Gasteiger partial charge in [0.1, 0.15) is 0 Å². The highest BCUT2D eigenvalue weighted by molar-refractivity contribution is 7.10. The summed E-state index contributed by atoms with van der Waals surface area (Å²) in [6.07, 6.45) is 3.93. The standard InChI is InChI=1S/C14H14S/c1-2-5-11(6-3-1)13-8-4-7-12-9-10-15-14(12)13/h1-3,5-6,9-10,13H,4,7-8H2. The first kappa shape index (κ1) is 9.17. The molecule has 0 saturated heterocycles. The van der Waals surface area contributed by atoms with Crippen molar-refractivity contribution in [3.8, 4) is 0 Å². The van der Waals surface area contributed by atoms with Gasteiger partial charge in [-0.15, -0.1) is 11.3 Å². The van der Waals surface area contributed by atoms with E-state index in [1.807, 2.05) is 11.3 Å². The minimum Gasteiger partial charge on any atom is -0.148 e. The van der Waals surface area contributed by atoms with Gasteiger partial charge in [0.2, 0.25) is 0 Å². The van der Waals surface area contributed by atoms with Crippen molar-refractivity contribution in [2.75, 3.05) is 0 Å². The van der Waals surface area contributed by atoms with Gasteiger partial charge in [0, 0.05) is 10.8 Å². The minimum absolute atomic E-state index is 0.662. The van der Waals surface area contributed by atoms with Crippen LogP contribution in [0.3, 0.4) is 0 Å². The van der Waals surface area contributed by atoms with Crippen LogP contribution in [0.2, 0.25) is 0 Å². The minimum atomic E-state index is 0.662. The second kappa shape index (κ2) is 3.82.